The Labute approximate surface area is 210 Å². The Morgan fingerprint density at radius 3 is 2.09 bits per heavy atom. The lowest BCUT2D eigenvalue weighted by molar-refractivity contribution is 1.12. The Morgan fingerprint density at radius 2 is 1.44 bits per heavy atom. The summed E-state index contributed by atoms with van der Waals surface area (Å²) >= 11 is 26.6. The van der Waals surface area contributed by atoms with E-state index in [9.17, 15) is 5.26 Å². The summed E-state index contributed by atoms with van der Waals surface area (Å²) in [5, 5.41) is 13.0. The Morgan fingerprint density at radius 1 is 0.781 bits per heavy atom. The van der Waals surface area contributed by atoms with E-state index in [0.29, 0.717) is 47.7 Å². The van der Waals surface area contributed by atoms with Crippen molar-refractivity contribution in [2.75, 3.05) is 0 Å². The van der Waals surface area contributed by atoms with Gasteiger partial charge in [-0.15, -0.1) is 11.8 Å². The highest BCUT2D eigenvalue weighted by Gasteiger charge is 2.18. The van der Waals surface area contributed by atoms with Crippen LogP contribution in [0.5, 0.6) is 0 Å². The number of pyridine rings is 1. The SMILES string of the molecule is N#Cc1c(-c2ccccc2Cl)cc(-c2ccc(Cl)cc2)nc1SCc1c(Cl)cccc1Cl. The van der Waals surface area contributed by atoms with Gasteiger partial charge in [0, 0.05) is 42.5 Å². The molecule has 0 saturated carbocycles. The predicted octanol–water partition coefficient (Wildman–Crippen LogP) is 9.19. The van der Waals surface area contributed by atoms with Gasteiger partial charge < -0.3 is 0 Å². The number of halogens is 4. The molecule has 4 rings (SSSR count). The molecule has 158 valence electrons. The van der Waals surface area contributed by atoms with Crippen molar-refractivity contribution in [2.45, 2.75) is 10.8 Å². The Hall–Kier alpha value is -2.19. The molecule has 0 unspecified atom stereocenters. The summed E-state index contributed by atoms with van der Waals surface area (Å²) in [5.74, 6) is 0.465. The minimum absolute atomic E-state index is 0.448. The quantitative estimate of drug-likeness (QED) is 0.248. The van der Waals surface area contributed by atoms with E-state index in [1.807, 2.05) is 48.5 Å². The van der Waals surface area contributed by atoms with Crippen molar-refractivity contribution >= 4 is 58.2 Å². The van der Waals surface area contributed by atoms with Gasteiger partial charge in [-0.3, -0.25) is 0 Å². The summed E-state index contributed by atoms with van der Waals surface area (Å²) < 4.78 is 0. The van der Waals surface area contributed by atoms with Crippen LogP contribution in [-0.4, -0.2) is 4.98 Å². The first kappa shape index (κ1) is 23.0. The van der Waals surface area contributed by atoms with Gasteiger partial charge in [0.25, 0.3) is 0 Å². The first-order valence-corrected chi connectivity index (χ1v) is 12.0. The van der Waals surface area contributed by atoms with E-state index in [1.165, 1.54) is 11.8 Å². The molecule has 1 heterocycles. The molecule has 32 heavy (non-hydrogen) atoms. The average Bonchev–Trinajstić information content (AvgIpc) is 2.79. The van der Waals surface area contributed by atoms with E-state index in [2.05, 4.69) is 6.07 Å². The molecule has 0 aliphatic carbocycles. The van der Waals surface area contributed by atoms with Crippen LogP contribution in [-0.2, 0) is 5.75 Å². The second-order valence-electron chi connectivity index (χ2n) is 6.82. The standard InChI is InChI=1S/C25H14Cl4N2S/c26-16-10-8-15(9-11-16)24-12-18(17-4-1-2-5-21(17)27)19(13-30)25(31-24)32-14-20-22(28)6-3-7-23(20)29/h1-12H,14H2. The van der Waals surface area contributed by atoms with Gasteiger partial charge in [0.1, 0.15) is 11.1 Å². The maximum atomic E-state index is 10.0. The van der Waals surface area contributed by atoms with E-state index < -0.39 is 0 Å². The van der Waals surface area contributed by atoms with E-state index in [4.69, 9.17) is 51.4 Å². The highest BCUT2D eigenvalue weighted by Crippen LogP contribution is 2.39. The van der Waals surface area contributed by atoms with Crippen molar-refractivity contribution in [3.63, 3.8) is 0 Å². The highest BCUT2D eigenvalue weighted by molar-refractivity contribution is 7.98. The molecule has 3 aromatic carbocycles. The molecular formula is C25H14Cl4N2S. The predicted molar refractivity (Wildman–Crippen MR) is 136 cm³/mol. The van der Waals surface area contributed by atoms with Gasteiger partial charge in [0.2, 0.25) is 0 Å². The van der Waals surface area contributed by atoms with Crippen LogP contribution in [0.15, 0.2) is 77.8 Å². The van der Waals surface area contributed by atoms with Crippen molar-refractivity contribution < 1.29 is 0 Å². The lowest BCUT2D eigenvalue weighted by atomic mass is 9.99. The van der Waals surface area contributed by atoms with Crippen molar-refractivity contribution in [1.82, 2.24) is 4.98 Å². The second kappa shape index (κ2) is 10.2. The molecule has 0 atom stereocenters. The van der Waals surface area contributed by atoms with Gasteiger partial charge in [-0.05, 0) is 42.0 Å². The third kappa shape index (κ3) is 4.91. The molecule has 7 heteroatoms. The Balaban J connectivity index is 1.86. The minimum Gasteiger partial charge on any atom is -0.240 e. The van der Waals surface area contributed by atoms with Gasteiger partial charge in [-0.25, -0.2) is 4.98 Å². The lowest BCUT2D eigenvalue weighted by Gasteiger charge is -2.14. The van der Waals surface area contributed by atoms with Gasteiger partial charge in [0.15, 0.2) is 0 Å². The van der Waals surface area contributed by atoms with Crippen LogP contribution < -0.4 is 0 Å². The lowest BCUT2D eigenvalue weighted by Crippen LogP contribution is -1.97. The summed E-state index contributed by atoms with van der Waals surface area (Å²) in [7, 11) is 0. The summed E-state index contributed by atoms with van der Waals surface area (Å²) in [5.41, 5.74) is 4.31. The van der Waals surface area contributed by atoms with Crippen molar-refractivity contribution in [3.05, 3.63) is 104 Å². The molecule has 2 nitrogen and oxygen atoms in total. The van der Waals surface area contributed by atoms with Gasteiger partial charge in [-0.2, -0.15) is 5.26 Å². The monoisotopic (exact) mass is 514 g/mol. The molecule has 0 radical (unpaired) electrons. The van der Waals surface area contributed by atoms with Crippen molar-refractivity contribution in [3.8, 4) is 28.5 Å². The van der Waals surface area contributed by atoms with Crippen LogP contribution in [0, 0.1) is 11.3 Å². The first-order valence-electron chi connectivity index (χ1n) is 9.49. The fourth-order valence-electron chi connectivity index (χ4n) is 3.21. The summed E-state index contributed by atoms with van der Waals surface area (Å²) in [6, 6.07) is 24.4. The molecule has 0 fully saturated rings. The third-order valence-electron chi connectivity index (χ3n) is 4.82. The first-order chi connectivity index (χ1) is 15.5. The third-order valence-corrected chi connectivity index (χ3v) is 7.11. The smallest absolute Gasteiger partial charge is 0.115 e. The number of hydrogen-bond donors (Lipinski definition) is 0. The average molecular weight is 516 g/mol. The number of hydrogen-bond acceptors (Lipinski definition) is 3. The normalized spacial score (nSPS) is 10.7. The molecule has 0 aliphatic rings. The summed E-state index contributed by atoms with van der Waals surface area (Å²) in [6.07, 6.45) is 0. The van der Waals surface area contributed by atoms with Crippen LogP contribution >= 0.6 is 58.2 Å². The van der Waals surface area contributed by atoms with Gasteiger partial charge >= 0.3 is 0 Å². The van der Waals surface area contributed by atoms with Gasteiger partial charge in [-0.1, -0.05) is 82.8 Å². The van der Waals surface area contributed by atoms with Crippen LogP contribution in [0.2, 0.25) is 20.1 Å². The van der Waals surface area contributed by atoms with Crippen molar-refractivity contribution in [1.29, 1.82) is 5.26 Å². The van der Waals surface area contributed by atoms with Crippen LogP contribution in [0.3, 0.4) is 0 Å². The topological polar surface area (TPSA) is 36.7 Å². The zero-order chi connectivity index (χ0) is 22.7. The molecule has 0 spiro atoms. The van der Waals surface area contributed by atoms with E-state index >= 15 is 0 Å². The number of nitriles is 1. The Bertz CT molecular complexity index is 1310. The fourth-order valence-corrected chi connectivity index (χ4v) is 5.31. The summed E-state index contributed by atoms with van der Waals surface area (Å²) in [6.45, 7) is 0. The van der Waals surface area contributed by atoms with E-state index in [-0.39, 0.29) is 0 Å². The fraction of sp³-hybridized carbons (Fsp3) is 0.0400. The second-order valence-corrected chi connectivity index (χ2v) is 9.44. The number of thioether (sulfide) groups is 1. The van der Waals surface area contributed by atoms with E-state index in [1.54, 1.807) is 24.3 Å². The number of benzene rings is 3. The maximum absolute atomic E-state index is 10.0. The van der Waals surface area contributed by atoms with Crippen molar-refractivity contribution in [2.24, 2.45) is 0 Å². The molecule has 0 saturated heterocycles. The summed E-state index contributed by atoms with van der Waals surface area (Å²) in [4.78, 5) is 4.80. The maximum Gasteiger partial charge on any atom is 0.115 e. The number of aromatic nitrogens is 1. The highest BCUT2D eigenvalue weighted by atomic mass is 35.5. The number of rotatable bonds is 5. The zero-order valence-corrected chi connectivity index (χ0v) is 20.3. The molecule has 0 aliphatic heterocycles. The molecule has 4 aromatic rings. The van der Waals surface area contributed by atoms with Crippen LogP contribution in [0.4, 0.5) is 0 Å². The van der Waals surface area contributed by atoms with Crippen LogP contribution in [0.25, 0.3) is 22.4 Å². The number of nitrogens with zero attached hydrogens (tertiary/aromatic N) is 2. The van der Waals surface area contributed by atoms with Crippen LogP contribution in [0.1, 0.15) is 11.1 Å². The Kier molecular flexibility index (Phi) is 7.30. The molecule has 0 amide bonds. The molecule has 1 aromatic heterocycles. The minimum atomic E-state index is 0.448. The molecular weight excluding hydrogens is 502 g/mol. The van der Waals surface area contributed by atoms with Gasteiger partial charge in [0.05, 0.1) is 11.3 Å². The largest absolute Gasteiger partial charge is 0.240 e. The molecule has 0 N–H and O–H groups in total. The van der Waals surface area contributed by atoms with E-state index in [0.717, 1.165) is 16.7 Å². The molecule has 0 bridgehead atoms. The zero-order valence-electron chi connectivity index (χ0n) is 16.4.